The Kier molecular flexibility index (Phi) is 6.21. The molecule has 2 nitrogen and oxygen atoms in total. The molecule has 0 N–H and O–H groups in total. The Morgan fingerprint density at radius 1 is 0.958 bits per heavy atom. The van der Waals surface area contributed by atoms with Gasteiger partial charge in [-0.15, -0.1) is 0 Å². The zero-order chi connectivity index (χ0) is 17.5. The number of benzene rings is 1. The molecule has 24 heavy (non-hydrogen) atoms. The van der Waals surface area contributed by atoms with E-state index in [1.807, 2.05) is 36.4 Å². The summed E-state index contributed by atoms with van der Waals surface area (Å²) in [6, 6.07) is 7.69. The predicted molar refractivity (Wildman–Crippen MR) is 109 cm³/mol. The topological polar surface area (TPSA) is 24.7 Å². The fourth-order valence-corrected chi connectivity index (χ4v) is 2.64. The number of nitrogens with zero attached hydrogens (tertiary/aromatic N) is 2. The number of amidine groups is 1. The van der Waals surface area contributed by atoms with E-state index < -0.39 is 0 Å². The molecule has 0 radical (unpaired) electrons. The summed E-state index contributed by atoms with van der Waals surface area (Å²) in [7, 11) is 0. The summed E-state index contributed by atoms with van der Waals surface area (Å²) in [5.74, 6) is 0.691. The van der Waals surface area contributed by atoms with Crippen LogP contribution in [0.15, 0.2) is 113 Å². The molecular weight excluding hydrogens is 360 g/mol. The quantitative estimate of drug-likeness (QED) is 0.550. The highest BCUT2D eigenvalue weighted by atomic mass is 79.9. The lowest BCUT2D eigenvalue weighted by Gasteiger charge is -2.12. The van der Waals surface area contributed by atoms with Crippen molar-refractivity contribution in [1.82, 2.24) is 0 Å². The summed E-state index contributed by atoms with van der Waals surface area (Å²) in [6.07, 6.45) is 10.8. The van der Waals surface area contributed by atoms with E-state index in [4.69, 9.17) is 9.98 Å². The van der Waals surface area contributed by atoms with Gasteiger partial charge in [-0.1, -0.05) is 90.8 Å². The van der Waals surface area contributed by atoms with Crippen LogP contribution in [0.5, 0.6) is 0 Å². The van der Waals surface area contributed by atoms with E-state index in [1.54, 1.807) is 24.3 Å². The maximum Gasteiger partial charge on any atom is 0.155 e. The molecule has 0 saturated heterocycles. The van der Waals surface area contributed by atoms with Crippen molar-refractivity contribution >= 4 is 27.5 Å². The molecule has 0 fully saturated rings. The minimum atomic E-state index is -0.233. The third-order valence-corrected chi connectivity index (χ3v) is 4.04. The highest BCUT2D eigenvalue weighted by Gasteiger charge is 2.27. The van der Waals surface area contributed by atoms with Crippen LogP contribution in [-0.4, -0.2) is 17.6 Å². The van der Waals surface area contributed by atoms with Gasteiger partial charge in [0.05, 0.1) is 5.71 Å². The lowest BCUT2D eigenvalue weighted by atomic mass is 9.96. The highest BCUT2D eigenvalue weighted by molar-refractivity contribution is 9.10. The molecule has 1 aromatic rings. The van der Waals surface area contributed by atoms with E-state index in [0.717, 1.165) is 26.9 Å². The zero-order valence-corrected chi connectivity index (χ0v) is 15.0. The molecule has 0 aromatic heterocycles. The van der Waals surface area contributed by atoms with E-state index >= 15 is 0 Å². The first-order valence-electron chi connectivity index (χ1n) is 7.47. The maximum absolute atomic E-state index is 4.80. The van der Waals surface area contributed by atoms with E-state index in [9.17, 15) is 0 Å². The number of hydrogen-bond donors (Lipinski definition) is 0. The predicted octanol–water partition coefficient (Wildman–Crippen LogP) is 5.62. The van der Waals surface area contributed by atoms with Crippen LogP contribution < -0.4 is 0 Å². The Hall–Kier alpha value is -2.52. The second-order valence-electron chi connectivity index (χ2n) is 5.03. The third-order valence-electron chi connectivity index (χ3n) is 3.51. The van der Waals surface area contributed by atoms with E-state index in [1.165, 1.54) is 0 Å². The maximum atomic E-state index is 4.80. The van der Waals surface area contributed by atoms with E-state index in [0.29, 0.717) is 5.84 Å². The van der Waals surface area contributed by atoms with Crippen LogP contribution in [0.3, 0.4) is 0 Å². The SMILES string of the molecule is C=C/C=C(\C=C)C1=NC(c2ccc(Br)cc2)=NC1/C(C=C)=C/C=C. The first-order chi connectivity index (χ1) is 11.6. The first kappa shape index (κ1) is 17.8. The number of aliphatic imine (C=N–C) groups is 2. The van der Waals surface area contributed by atoms with Crippen molar-refractivity contribution in [1.29, 1.82) is 0 Å². The molecule has 0 spiro atoms. The summed E-state index contributed by atoms with van der Waals surface area (Å²) in [6.45, 7) is 15.3. The normalized spacial score (nSPS) is 17.8. The fraction of sp³-hybridized carbons (Fsp3) is 0.0476. The zero-order valence-electron chi connectivity index (χ0n) is 13.5. The Morgan fingerprint density at radius 2 is 1.62 bits per heavy atom. The number of allylic oxidation sites excluding steroid dienone is 5. The van der Waals surface area contributed by atoms with Crippen molar-refractivity contribution in [3.63, 3.8) is 0 Å². The lowest BCUT2D eigenvalue weighted by molar-refractivity contribution is 1.05. The summed E-state index contributed by atoms with van der Waals surface area (Å²) in [5, 5.41) is 0. The standard InChI is InChI=1S/C21H19BrN2/c1-5-9-15(7-3)19-20(16(8-4)10-6-2)24-21(23-19)17-11-13-18(22)14-12-17/h5-14,19H,1-4H2/b15-9+,16-10+. The molecule has 0 aliphatic carbocycles. The summed E-state index contributed by atoms with van der Waals surface area (Å²) < 4.78 is 1.02. The van der Waals surface area contributed by atoms with Crippen LogP contribution in [0.4, 0.5) is 0 Å². The van der Waals surface area contributed by atoms with Crippen molar-refractivity contribution in [2.75, 3.05) is 0 Å². The Morgan fingerprint density at radius 3 is 2.17 bits per heavy atom. The molecular formula is C21H19BrN2. The molecule has 1 aliphatic heterocycles. The van der Waals surface area contributed by atoms with Crippen molar-refractivity contribution in [2.45, 2.75) is 6.04 Å². The van der Waals surface area contributed by atoms with Gasteiger partial charge in [-0.2, -0.15) is 0 Å². The fourth-order valence-electron chi connectivity index (χ4n) is 2.37. The van der Waals surface area contributed by atoms with Gasteiger partial charge >= 0.3 is 0 Å². The van der Waals surface area contributed by atoms with Gasteiger partial charge in [-0.25, -0.2) is 4.99 Å². The van der Waals surface area contributed by atoms with Crippen molar-refractivity contribution in [3.05, 3.63) is 108 Å². The number of hydrogen-bond acceptors (Lipinski definition) is 2. The monoisotopic (exact) mass is 378 g/mol. The van der Waals surface area contributed by atoms with Crippen molar-refractivity contribution < 1.29 is 0 Å². The molecule has 2 rings (SSSR count). The van der Waals surface area contributed by atoms with Gasteiger partial charge in [0.1, 0.15) is 6.04 Å². The molecule has 0 amide bonds. The highest BCUT2D eigenvalue weighted by Crippen LogP contribution is 2.24. The van der Waals surface area contributed by atoms with E-state index in [-0.39, 0.29) is 6.04 Å². The van der Waals surface area contributed by atoms with Gasteiger partial charge in [0.15, 0.2) is 5.84 Å². The average molecular weight is 379 g/mol. The molecule has 1 aliphatic rings. The van der Waals surface area contributed by atoms with Gasteiger partial charge in [0.2, 0.25) is 0 Å². The minimum absolute atomic E-state index is 0.233. The van der Waals surface area contributed by atoms with Gasteiger partial charge in [0, 0.05) is 10.0 Å². The third kappa shape index (κ3) is 3.87. The van der Waals surface area contributed by atoms with E-state index in [2.05, 4.69) is 42.2 Å². The van der Waals surface area contributed by atoms with Gasteiger partial charge in [0.25, 0.3) is 0 Å². The van der Waals surface area contributed by atoms with Crippen molar-refractivity contribution in [3.8, 4) is 0 Å². The number of rotatable bonds is 7. The van der Waals surface area contributed by atoms with Crippen LogP contribution in [0.25, 0.3) is 0 Å². The largest absolute Gasteiger partial charge is 0.251 e. The first-order valence-corrected chi connectivity index (χ1v) is 8.26. The molecule has 1 aromatic carbocycles. The molecule has 0 saturated carbocycles. The summed E-state index contributed by atoms with van der Waals surface area (Å²) in [5.41, 5.74) is 3.62. The molecule has 1 unspecified atom stereocenters. The summed E-state index contributed by atoms with van der Waals surface area (Å²) >= 11 is 3.45. The van der Waals surface area contributed by atoms with Crippen molar-refractivity contribution in [2.24, 2.45) is 9.98 Å². The van der Waals surface area contributed by atoms with Crippen LogP contribution in [0, 0.1) is 0 Å². The van der Waals surface area contributed by atoms with Crippen LogP contribution >= 0.6 is 15.9 Å². The van der Waals surface area contributed by atoms with Gasteiger partial charge in [-0.05, 0) is 23.3 Å². The second kappa shape index (κ2) is 8.37. The average Bonchev–Trinajstić information content (AvgIpc) is 3.03. The summed E-state index contributed by atoms with van der Waals surface area (Å²) in [4.78, 5) is 9.55. The molecule has 3 heteroatoms. The Labute approximate surface area is 151 Å². The molecule has 0 bridgehead atoms. The molecule has 1 heterocycles. The van der Waals surface area contributed by atoms with Gasteiger partial charge in [-0.3, -0.25) is 4.99 Å². The number of halogens is 1. The lowest BCUT2D eigenvalue weighted by Crippen LogP contribution is -2.18. The van der Waals surface area contributed by atoms with Crippen LogP contribution in [0.1, 0.15) is 5.56 Å². The Balaban J connectivity index is 2.56. The minimum Gasteiger partial charge on any atom is -0.251 e. The molecule has 1 atom stereocenters. The Bertz CT molecular complexity index is 790. The second-order valence-corrected chi connectivity index (χ2v) is 5.94. The van der Waals surface area contributed by atoms with Crippen LogP contribution in [0.2, 0.25) is 0 Å². The van der Waals surface area contributed by atoms with Gasteiger partial charge < -0.3 is 0 Å². The van der Waals surface area contributed by atoms with Crippen LogP contribution in [-0.2, 0) is 0 Å². The smallest absolute Gasteiger partial charge is 0.155 e. The molecule has 120 valence electrons.